The molecule has 2 atom stereocenters. The number of fused-ring (bicyclic) bond motifs is 1. The number of hydrogen-bond donors (Lipinski definition) is 1. The van der Waals surface area contributed by atoms with Crippen molar-refractivity contribution in [1.82, 2.24) is 14.7 Å². The van der Waals surface area contributed by atoms with E-state index in [1.54, 1.807) is 12.1 Å². The number of alkyl halides is 6. The average molecular weight is 884 g/mol. The lowest BCUT2D eigenvalue weighted by Gasteiger charge is -2.34. The first-order valence-corrected chi connectivity index (χ1v) is 17.3. The number of carbonyl (C=O) groups is 4. The molecule has 2 saturated carbocycles. The zero-order chi connectivity index (χ0) is 38.3. The fraction of sp³-hybridized carbons (Fsp3) is 0.371. The summed E-state index contributed by atoms with van der Waals surface area (Å²) in [6, 6.07) is 6.89. The van der Waals surface area contributed by atoms with E-state index in [1.165, 1.54) is 36.4 Å². The monoisotopic (exact) mass is 882 g/mol. The van der Waals surface area contributed by atoms with Crippen LogP contribution in [0.15, 0.2) is 69.6 Å². The van der Waals surface area contributed by atoms with Crippen molar-refractivity contribution in [3.63, 3.8) is 0 Å². The van der Waals surface area contributed by atoms with Gasteiger partial charge in [0, 0.05) is 23.2 Å². The summed E-state index contributed by atoms with van der Waals surface area (Å²) in [7, 11) is 0. The Balaban J connectivity index is 0.000000250. The smallest absolute Gasteiger partial charge is 0.323 e. The van der Waals surface area contributed by atoms with E-state index in [0.717, 1.165) is 12.1 Å². The third-order valence-corrected chi connectivity index (χ3v) is 9.76. The predicted molar refractivity (Wildman–Crippen MR) is 183 cm³/mol. The molecule has 0 aromatic heterocycles. The second-order valence-electron chi connectivity index (χ2n) is 12.2. The lowest BCUT2D eigenvalue weighted by atomic mass is 10.0. The highest BCUT2D eigenvalue weighted by atomic mass is 79.9. The molecule has 53 heavy (non-hydrogen) atoms. The van der Waals surface area contributed by atoms with Crippen molar-refractivity contribution < 1.29 is 54.3 Å². The van der Waals surface area contributed by atoms with Gasteiger partial charge in [0.05, 0.1) is 26.6 Å². The number of halogens is 10. The quantitative estimate of drug-likeness (QED) is 0.172. The molecular weight excluding hydrogens is 852 g/mol. The highest BCUT2D eigenvalue weighted by Crippen LogP contribution is 2.46. The standard InChI is InChI=1S/C21H15BrF4N2O3.C13H13BrF4N2O.CH4/c22-15-7-3-6-14(17(15)23)18(21(24,25)26)28(11-8-9-11)16(29)10-27-19(30)12-4-1-2-5-13(12)20(27)31;14-9-3-1-2-8(11(9)15)12(13(16,17)18)20(7-4-5-7)10(21)6-19;/h1-7,11,18H,8-10H2;1-3,7,12H,4-6,19H2;1H4. The summed E-state index contributed by atoms with van der Waals surface area (Å²) in [5.74, 6) is -5.54. The van der Waals surface area contributed by atoms with Gasteiger partial charge in [0.2, 0.25) is 11.8 Å². The molecule has 3 aliphatic rings. The number of amides is 4. The van der Waals surface area contributed by atoms with Crippen molar-refractivity contribution in [1.29, 1.82) is 0 Å². The van der Waals surface area contributed by atoms with Gasteiger partial charge in [-0.05, 0) is 81.8 Å². The Morgan fingerprint density at radius 2 is 1.08 bits per heavy atom. The Kier molecular flexibility index (Phi) is 12.8. The molecule has 2 N–H and O–H groups in total. The van der Waals surface area contributed by atoms with Gasteiger partial charge in [-0.1, -0.05) is 43.8 Å². The Hall–Kier alpha value is -3.90. The van der Waals surface area contributed by atoms with Gasteiger partial charge in [-0.3, -0.25) is 24.1 Å². The van der Waals surface area contributed by atoms with E-state index < -0.39 is 96.0 Å². The summed E-state index contributed by atoms with van der Waals surface area (Å²) in [6.45, 7) is -1.40. The van der Waals surface area contributed by atoms with Gasteiger partial charge in [0.1, 0.15) is 18.2 Å². The van der Waals surface area contributed by atoms with Crippen LogP contribution >= 0.6 is 31.9 Å². The Morgan fingerprint density at radius 3 is 1.42 bits per heavy atom. The molecule has 0 radical (unpaired) electrons. The Morgan fingerprint density at radius 1 is 0.698 bits per heavy atom. The minimum Gasteiger partial charge on any atom is -0.323 e. The number of nitrogens with zero attached hydrogens (tertiary/aromatic N) is 3. The van der Waals surface area contributed by atoms with Crippen LogP contribution in [-0.2, 0) is 9.59 Å². The maximum Gasteiger partial charge on any atom is 0.413 e. The summed E-state index contributed by atoms with van der Waals surface area (Å²) >= 11 is 5.75. The molecule has 18 heteroatoms. The summed E-state index contributed by atoms with van der Waals surface area (Å²) in [6.07, 6.45) is -8.19. The molecule has 4 amide bonds. The van der Waals surface area contributed by atoms with Crippen LogP contribution in [0.5, 0.6) is 0 Å². The largest absolute Gasteiger partial charge is 0.413 e. The van der Waals surface area contributed by atoms with Crippen LogP contribution in [0.3, 0.4) is 0 Å². The first kappa shape index (κ1) is 41.9. The molecule has 1 heterocycles. The lowest BCUT2D eigenvalue weighted by molar-refractivity contribution is -0.194. The molecule has 3 aromatic rings. The van der Waals surface area contributed by atoms with Crippen LogP contribution in [-0.4, -0.2) is 75.9 Å². The second kappa shape index (κ2) is 16.2. The number of carbonyl (C=O) groups excluding carboxylic acids is 4. The van der Waals surface area contributed by atoms with E-state index in [1.807, 2.05) is 0 Å². The van der Waals surface area contributed by atoms with Crippen molar-refractivity contribution in [2.24, 2.45) is 5.73 Å². The van der Waals surface area contributed by atoms with Gasteiger partial charge in [-0.25, -0.2) is 8.78 Å². The number of nitrogens with two attached hydrogens (primary N) is 1. The van der Waals surface area contributed by atoms with Crippen LogP contribution < -0.4 is 5.73 Å². The lowest BCUT2D eigenvalue weighted by Crippen LogP contribution is -2.49. The summed E-state index contributed by atoms with van der Waals surface area (Å²) < 4.78 is 111. The molecule has 2 unspecified atom stereocenters. The van der Waals surface area contributed by atoms with Crippen molar-refractivity contribution in [2.75, 3.05) is 13.1 Å². The average Bonchev–Trinajstić information content (AvgIpc) is 4.02. The van der Waals surface area contributed by atoms with Crippen LogP contribution in [0, 0.1) is 11.6 Å². The molecule has 0 spiro atoms. The summed E-state index contributed by atoms with van der Waals surface area (Å²) in [5, 5.41) is 0. The molecule has 8 nitrogen and oxygen atoms in total. The molecule has 2 aliphatic carbocycles. The fourth-order valence-corrected chi connectivity index (χ4v) is 6.72. The highest BCUT2D eigenvalue weighted by molar-refractivity contribution is 9.10. The molecular formula is C35H32Br2F8N4O4. The number of benzene rings is 3. The number of rotatable bonds is 9. The molecule has 3 aromatic carbocycles. The van der Waals surface area contributed by atoms with Gasteiger partial charge < -0.3 is 15.5 Å². The zero-order valence-corrected chi connectivity index (χ0v) is 29.8. The van der Waals surface area contributed by atoms with Gasteiger partial charge >= 0.3 is 12.4 Å². The maximum atomic E-state index is 14.6. The van der Waals surface area contributed by atoms with E-state index >= 15 is 0 Å². The van der Waals surface area contributed by atoms with Crippen molar-refractivity contribution in [2.45, 2.75) is 69.6 Å². The van der Waals surface area contributed by atoms with Crippen molar-refractivity contribution in [3.05, 3.63) is 103 Å². The Bertz CT molecular complexity index is 1850. The van der Waals surface area contributed by atoms with Crippen LogP contribution in [0.2, 0.25) is 0 Å². The first-order chi connectivity index (χ1) is 24.4. The molecule has 0 bridgehead atoms. The summed E-state index contributed by atoms with van der Waals surface area (Å²) in [5.41, 5.74) is 4.10. The Labute approximate surface area is 315 Å². The molecule has 2 fully saturated rings. The normalized spacial score (nSPS) is 16.5. The van der Waals surface area contributed by atoms with Crippen LogP contribution in [0.4, 0.5) is 35.1 Å². The molecule has 1 aliphatic heterocycles. The topological polar surface area (TPSA) is 104 Å². The minimum absolute atomic E-state index is 0. The minimum atomic E-state index is -4.97. The zero-order valence-electron chi connectivity index (χ0n) is 26.7. The van der Waals surface area contributed by atoms with Gasteiger partial charge in [-0.15, -0.1) is 0 Å². The maximum absolute atomic E-state index is 14.6. The predicted octanol–water partition coefficient (Wildman–Crippen LogP) is 8.26. The van der Waals surface area contributed by atoms with E-state index in [2.05, 4.69) is 31.9 Å². The van der Waals surface area contributed by atoms with Gasteiger partial charge in [-0.2, -0.15) is 26.3 Å². The highest BCUT2D eigenvalue weighted by Gasteiger charge is 2.54. The van der Waals surface area contributed by atoms with E-state index in [0.29, 0.717) is 40.4 Å². The molecule has 6 rings (SSSR count). The first-order valence-electron chi connectivity index (χ1n) is 15.7. The third kappa shape index (κ3) is 8.91. The van der Waals surface area contributed by atoms with Gasteiger partial charge in [0.25, 0.3) is 11.8 Å². The third-order valence-electron chi connectivity index (χ3n) is 8.53. The van der Waals surface area contributed by atoms with Crippen molar-refractivity contribution >= 4 is 55.5 Å². The molecule has 286 valence electrons. The van der Waals surface area contributed by atoms with Crippen LogP contribution in [0.1, 0.15) is 77.0 Å². The van der Waals surface area contributed by atoms with Crippen molar-refractivity contribution in [3.8, 4) is 0 Å². The second-order valence-corrected chi connectivity index (χ2v) is 13.9. The summed E-state index contributed by atoms with van der Waals surface area (Å²) in [4.78, 5) is 51.8. The number of imide groups is 1. The van der Waals surface area contributed by atoms with E-state index in [-0.39, 0.29) is 27.5 Å². The SMILES string of the molecule is C.NCC(=O)N(C1CC1)C(c1cccc(Br)c1F)C(F)(F)F.O=C1c2ccccc2C(=O)N1CC(=O)N(C1CC1)C(c1cccc(Br)c1F)C(F)(F)F. The number of hydrogen-bond acceptors (Lipinski definition) is 5. The molecule has 0 saturated heterocycles. The van der Waals surface area contributed by atoms with Crippen LogP contribution in [0.25, 0.3) is 0 Å². The fourth-order valence-electron chi connectivity index (χ4n) is 5.96. The van der Waals surface area contributed by atoms with E-state index in [4.69, 9.17) is 5.73 Å². The van der Waals surface area contributed by atoms with E-state index in [9.17, 15) is 54.3 Å². The van der Waals surface area contributed by atoms with Gasteiger partial charge in [0.15, 0.2) is 12.1 Å².